The minimum absolute atomic E-state index is 0.191. The molecule has 0 aliphatic rings. The first-order valence-electron chi connectivity index (χ1n) is 8.89. The molecule has 2 rings (SSSR count). The number of esters is 1. The molecule has 7 heteroatoms. The fraction of sp³-hybridized carbons (Fsp3) is 0.227. The molecule has 1 amide bonds. The number of nitrogens with zero attached hydrogens (tertiary/aromatic N) is 2. The zero-order chi connectivity index (χ0) is 21.4. The van der Waals surface area contributed by atoms with Gasteiger partial charge in [0.1, 0.15) is 17.4 Å². The SMILES string of the molecule is COc1cccc(NC(=O)[C@@H](C)OC(=O)/C(C#N)=C/c2ccc(N(C)C)cc2)c1. The highest BCUT2D eigenvalue weighted by Gasteiger charge is 2.21. The molecule has 0 spiro atoms. The van der Waals surface area contributed by atoms with Crippen LogP contribution >= 0.6 is 0 Å². The molecule has 0 radical (unpaired) electrons. The molecular formula is C22H23N3O4. The molecule has 0 aliphatic carbocycles. The molecule has 150 valence electrons. The largest absolute Gasteiger partial charge is 0.497 e. The molecule has 29 heavy (non-hydrogen) atoms. The number of hydrogen-bond donors (Lipinski definition) is 1. The summed E-state index contributed by atoms with van der Waals surface area (Å²) in [6.07, 6.45) is 0.343. The molecule has 2 aromatic rings. The molecule has 7 nitrogen and oxygen atoms in total. The Morgan fingerprint density at radius 3 is 2.45 bits per heavy atom. The number of carbonyl (C=O) groups is 2. The molecule has 0 bridgehead atoms. The minimum atomic E-state index is -1.08. The Balaban J connectivity index is 2.03. The first-order valence-corrected chi connectivity index (χ1v) is 8.89. The van der Waals surface area contributed by atoms with Crippen LogP contribution in [0.1, 0.15) is 12.5 Å². The summed E-state index contributed by atoms with van der Waals surface area (Å²) in [4.78, 5) is 26.5. The number of rotatable bonds is 7. The summed E-state index contributed by atoms with van der Waals surface area (Å²) in [5.41, 5.74) is 1.99. The van der Waals surface area contributed by atoms with Crippen LogP contribution in [0, 0.1) is 11.3 Å². The van der Waals surface area contributed by atoms with Gasteiger partial charge in [-0.15, -0.1) is 0 Å². The molecule has 0 fully saturated rings. The van der Waals surface area contributed by atoms with Crippen molar-refractivity contribution in [3.05, 3.63) is 59.7 Å². The van der Waals surface area contributed by atoms with Crippen molar-refractivity contribution in [1.82, 2.24) is 0 Å². The third kappa shape index (κ3) is 6.11. The average molecular weight is 393 g/mol. The zero-order valence-corrected chi connectivity index (χ0v) is 16.8. The van der Waals surface area contributed by atoms with E-state index in [4.69, 9.17) is 9.47 Å². The van der Waals surface area contributed by atoms with Crippen molar-refractivity contribution < 1.29 is 19.1 Å². The summed E-state index contributed by atoms with van der Waals surface area (Å²) in [5.74, 6) is -0.792. The lowest BCUT2D eigenvalue weighted by Gasteiger charge is -2.14. The molecule has 0 unspecified atom stereocenters. The number of hydrogen-bond acceptors (Lipinski definition) is 6. The van der Waals surface area contributed by atoms with E-state index in [-0.39, 0.29) is 5.57 Å². The summed E-state index contributed by atoms with van der Waals surface area (Å²) in [5, 5.41) is 11.9. The fourth-order valence-corrected chi connectivity index (χ4v) is 2.39. The highest BCUT2D eigenvalue weighted by molar-refractivity contribution is 6.01. The Kier molecular flexibility index (Phi) is 7.38. The quantitative estimate of drug-likeness (QED) is 0.441. The van der Waals surface area contributed by atoms with Crippen LogP contribution in [0.3, 0.4) is 0 Å². The lowest BCUT2D eigenvalue weighted by molar-refractivity contribution is -0.148. The molecule has 1 N–H and O–H groups in total. The van der Waals surface area contributed by atoms with E-state index >= 15 is 0 Å². The van der Waals surface area contributed by atoms with E-state index in [2.05, 4.69) is 5.32 Å². The number of nitriles is 1. The predicted octanol–water partition coefficient (Wildman–Crippen LogP) is 3.24. The van der Waals surface area contributed by atoms with Gasteiger partial charge in [0, 0.05) is 31.5 Å². The smallest absolute Gasteiger partial charge is 0.349 e. The van der Waals surface area contributed by atoms with Crippen molar-refractivity contribution in [2.24, 2.45) is 0 Å². The number of methoxy groups -OCH3 is 1. The van der Waals surface area contributed by atoms with E-state index in [9.17, 15) is 14.9 Å². The zero-order valence-electron chi connectivity index (χ0n) is 16.8. The van der Waals surface area contributed by atoms with Crippen LogP contribution in [0.5, 0.6) is 5.75 Å². The summed E-state index contributed by atoms with van der Waals surface area (Å²) in [6, 6.07) is 15.9. The van der Waals surface area contributed by atoms with Crippen LogP contribution in [-0.4, -0.2) is 39.2 Å². The van der Waals surface area contributed by atoms with Gasteiger partial charge >= 0.3 is 5.97 Å². The van der Waals surface area contributed by atoms with Crippen LogP contribution in [0.15, 0.2) is 54.1 Å². The van der Waals surface area contributed by atoms with Crippen molar-refractivity contribution in [2.75, 3.05) is 31.4 Å². The lowest BCUT2D eigenvalue weighted by atomic mass is 10.1. The summed E-state index contributed by atoms with van der Waals surface area (Å²) < 4.78 is 10.2. The van der Waals surface area contributed by atoms with E-state index in [0.29, 0.717) is 17.0 Å². The van der Waals surface area contributed by atoms with Crippen molar-refractivity contribution in [3.63, 3.8) is 0 Å². The first kappa shape index (κ1) is 21.5. The van der Waals surface area contributed by atoms with Gasteiger partial charge < -0.3 is 19.7 Å². The number of benzene rings is 2. The van der Waals surface area contributed by atoms with Gasteiger partial charge in [-0.2, -0.15) is 5.26 Å². The molecule has 2 aromatic carbocycles. The van der Waals surface area contributed by atoms with E-state index in [1.54, 1.807) is 36.4 Å². The van der Waals surface area contributed by atoms with Crippen LogP contribution < -0.4 is 15.0 Å². The molecule has 0 saturated heterocycles. The van der Waals surface area contributed by atoms with Gasteiger partial charge in [0.2, 0.25) is 0 Å². The van der Waals surface area contributed by atoms with Gasteiger partial charge in [0.25, 0.3) is 5.91 Å². The van der Waals surface area contributed by atoms with Crippen molar-refractivity contribution in [1.29, 1.82) is 5.26 Å². The number of amides is 1. The molecular weight excluding hydrogens is 370 g/mol. The van der Waals surface area contributed by atoms with Gasteiger partial charge in [-0.1, -0.05) is 18.2 Å². The fourth-order valence-electron chi connectivity index (χ4n) is 2.39. The Labute approximate surface area is 170 Å². The summed E-state index contributed by atoms with van der Waals surface area (Å²) in [6.45, 7) is 1.44. The second kappa shape index (κ2) is 9.95. The second-order valence-electron chi connectivity index (χ2n) is 6.42. The number of nitrogens with one attached hydrogen (secondary N) is 1. The Hall–Kier alpha value is -3.79. The van der Waals surface area contributed by atoms with Gasteiger partial charge in [-0.3, -0.25) is 4.79 Å². The molecule has 0 aromatic heterocycles. The van der Waals surface area contributed by atoms with Crippen LogP contribution in [0.2, 0.25) is 0 Å². The maximum Gasteiger partial charge on any atom is 0.349 e. The number of anilines is 2. The maximum absolute atomic E-state index is 12.3. The van der Waals surface area contributed by atoms with E-state index in [1.165, 1.54) is 20.1 Å². The van der Waals surface area contributed by atoms with E-state index in [0.717, 1.165) is 5.69 Å². The summed E-state index contributed by atoms with van der Waals surface area (Å²) in [7, 11) is 5.36. The monoisotopic (exact) mass is 393 g/mol. The van der Waals surface area contributed by atoms with Crippen LogP contribution in [-0.2, 0) is 14.3 Å². The van der Waals surface area contributed by atoms with Gasteiger partial charge in [-0.05, 0) is 42.8 Å². The normalized spacial score (nSPS) is 11.8. The molecule has 0 aliphatic heterocycles. The highest BCUT2D eigenvalue weighted by atomic mass is 16.5. The van der Waals surface area contributed by atoms with Crippen molar-refractivity contribution in [3.8, 4) is 11.8 Å². The number of carbonyl (C=O) groups excluding carboxylic acids is 2. The van der Waals surface area contributed by atoms with Crippen LogP contribution in [0.4, 0.5) is 11.4 Å². The first-order chi connectivity index (χ1) is 13.8. The summed E-state index contributed by atoms with van der Waals surface area (Å²) >= 11 is 0. The average Bonchev–Trinajstić information content (AvgIpc) is 2.72. The van der Waals surface area contributed by atoms with E-state index < -0.39 is 18.0 Å². The highest BCUT2D eigenvalue weighted by Crippen LogP contribution is 2.18. The minimum Gasteiger partial charge on any atom is -0.497 e. The molecule has 0 saturated carbocycles. The Bertz CT molecular complexity index is 943. The molecule has 0 heterocycles. The van der Waals surface area contributed by atoms with Gasteiger partial charge in [-0.25, -0.2) is 4.79 Å². The number of ether oxygens (including phenoxy) is 2. The Morgan fingerprint density at radius 1 is 1.17 bits per heavy atom. The maximum atomic E-state index is 12.3. The Morgan fingerprint density at radius 2 is 1.86 bits per heavy atom. The van der Waals surface area contributed by atoms with Gasteiger partial charge in [0.15, 0.2) is 6.10 Å². The third-order valence-electron chi connectivity index (χ3n) is 4.05. The lowest BCUT2D eigenvalue weighted by Crippen LogP contribution is -2.30. The standard InChI is InChI=1S/C22H23N3O4/c1-15(21(26)24-18-6-5-7-20(13-18)28-4)29-22(27)17(14-23)12-16-8-10-19(11-9-16)25(2)3/h5-13,15H,1-4H3,(H,24,26)/b17-12+/t15-/m1/s1. The topological polar surface area (TPSA) is 91.7 Å². The van der Waals surface area contributed by atoms with Gasteiger partial charge in [0.05, 0.1) is 7.11 Å². The van der Waals surface area contributed by atoms with Crippen LogP contribution in [0.25, 0.3) is 6.08 Å². The second-order valence-corrected chi connectivity index (χ2v) is 6.42. The predicted molar refractivity (Wildman–Crippen MR) is 112 cm³/mol. The van der Waals surface area contributed by atoms with Crippen molar-refractivity contribution >= 4 is 29.3 Å². The van der Waals surface area contributed by atoms with E-state index in [1.807, 2.05) is 37.2 Å². The van der Waals surface area contributed by atoms with Crippen molar-refractivity contribution in [2.45, 2.75) is 13.0 Å². The molecule has 1 atom stereocenters. The third-order valence-corrected chi connectivity index (χ3v) is 4.05.